The van der Waals surface area contributed by atoms with Crippen molar-refractivity contribution in [2.75, 3.05) is 12.3 Å². The number of aliphatic hydroxyl groups is 1. The molecular formula is C25H42N3O6PS2Si. The second-order valence-electron chi connectivity index (χ2n) is 12.5. The smallest absolute Gasteiger partial charge is 0.351 e. The monoisotopic (exact) mass is 603 g/mol. The van der Waals surface area contributed by atoms with Gasteiger partial charge in [-0.3, -0.25) is 4.57 Å². The number of aliphatic hydroxyl groups excluding tert-OH is 1. The number of allylic oxidation sites excluding steroid dienone is 1. The van der Waals surface area contributed by atoms with Crippen LogP contribution in [0.3, 0.4) is 0 Å². The Kier molecular flexibility index (Phi) is 8.55. The number of hydrogen-bond donors (Lipinski definition) is 2. The standard InChI is InChI=1S/C25H42N3O6PS2Si/c1-15(2)16-9-11-25(6)18(13-16)33-35(36,37-25)31-14-17-21(34-38(7,8)24(3,4)5)20(29)22(32-17)28-12-10-19(26)27-23(28)30/h10,12,16-18,20-22,29H,1,9,11,13-14H2,2-8H3,(H2,26,27,30)/t16-,17-,18+,20-,21-,22-,25+,35?/m1/s1. The molecule has 4 rings (SSSR count). The highest BCUT2D eigenvalue weighted by Crippen LogP contribution is 2.75. The topological polar surface area (TPSA) is 118 Å². The number of anilines is 1. The molecule has 8 atom stereocenters. The van der Waals surface area contributed by atoms with Crippen LogP contribution in [-0.2, 0) is 30.0 Å². The first-order valence-corrected chi connectivity index (χ1v) is 20.1. The number of fused-ring (bicyclic) bond motifs is 1. The molecule has 1 aromatic heterocycles. The van der Waals surface area contributed by atoms with Gasteiger partial charge in [0.2, 0.25) is 5.69 Å². The van der Waals surface area contributed by atoms with Gasteiger partial charge in [-0.05, 0) is 75.0 Å². The number of rotatable bonds is 7. The van der Waals surface area contributed by atoms with E-state index >= 15 is 0 Å². The third-order valence-corrected chi connectivity index (χ3v) is 18.8. The van der Waals surface area contributed by atoms with Crippen molar-refractivity contribution in [2.24, 2.45) is 5.92 Å². The van der Waals surface area contributed by atoms with Gasteiger partial charge in [-0.15, -0.1) is 0 Å². The van der Waals surface area contributed by atoms with E-state index in [9.17, 15) is 9.90 Å². The number of ether oxygens (including phenoxy) is 1. The lowest BCUT2D eigenvalue weighted by Gasteiger charge is -2.40. The summed E-state index contributed by atoms with van der Waals surface area (Å²) < 4.78 is 26.9. The maximum absolute atomic E-state index is 12.6. The number of aromatic nitrogens is 2. The SMILES string of the molecule is C=C(C)[C@@H]1CC[C@]2(C)SP(=S)(OC[C@H]3O[C@@H](n4ccc(N)nc4=O)[C@H](O)[C@@H]3O[Si](C)(C)C(C)(C)C)O[C@H]2C1. The van der Waals surface area contributed by atoms with Crippen molar-refractivity contribution in [3.05, 3.63) is 34.9 Å². The average Bonchev–Trinajstić information content (AvgIpc) is 3.23. The first kappa shape index (κ1) is 30.4. The molecule has 9 nitrogen and oxygen atoms in total. The Balaban J connectivity index is 1.55. The maximum atomic E-state index is 12.6. The molecule has 3 N–H and O–H groups in total. The van der Waals surface area contributed by atoms with Crippen LogP contribution in [0.15, 0.2) is 29.2 Å². The van der Waals surface area contributed by atoms with Gasteiger partial charge in [-0.1, -0.05) is 44.3 Å². The van der Waals surface area contributed by atoms with E-state index in [1.54, 1.807) is 11.4 Å². The molecule has 0 amide bonds. The Hall–Kier alpha value is -0.563. The van der Waals surface area contributed by atoms with E-state index in [-0.39, 0.29) is 28.3 Å². The van der Waals surface area contributed by atoms with Crippen LogP contribution >= 0.6 is 17.1 Å². The van der Waals surface area contributed by atoms with Gasteiger partial charge < -0.3 is 29.1 Å². The summed E-state index contributed by atoms with van der Waals surface area (Å²) in [5.41, 5.74) is 3.57. The molecule has 1 aromatic rings. The van der Waals surface area contributed by atoms with Crippen LogP contribution in [0.2, 0.25) is 18.1 Å². The van der Waals surface area contributed by atoms with Crippen molar-refractivity contribution >= 4 is 43.0 Å². The zero-order chi connectivity index (χ0) is 28.3. The summed E-state index contributed by atoms with van der Waals surface area (Å²) in [5.74, 6) is 0.531. The van der Waals surface area contributed by atoms with Crippen molar-refractivity contribution in [2.45, 2.75) is 107 Å². The Labute approximate surface area is 235 Å². The molecule has 1 saturated carbocycles. The third-order valence-electron chi connectivity index (χ3n) is 8.51. The van der Waals surface area contributed by atoms with Crippen LogP contribution in [0.5, 0.6) is 0 Å². The molecule has 2 saturated heterocycles. The van der Waals surface area contributed by atoms with E-state index < -0.39 is 44.2 Å². The predicted molar refractivity (Wildman–Crippen MR) is 158 cm³/mol. The molecule has 214 valence electrons. The van der Waals surface area contributed by atoms with Crippen molar-refractivity contribution < 1.29 is 23.3 Å². The lowest BCUT2D eigenvalue weighted by molar-refractivity contribution is -0.0516. The first-order chi connectivity index (χ1) is 17.4. The summed E-state index contributed by atoms with van der Waals surface area (Å²) in [7, 11) is -2.32. The summed E-state index contributed by atoms with van der Waals surface area (Å²) in [6.07, 6.45) is 0.961. The normalized spacial score (nSPS) is 37.8. The molecule has 0 aromatic carbocycles. The first-order valence-electron chi connectivity index (χ1n) is 13.1. The molecule has 2 aliphatic heterocycles. The maximum Gasteiger partial charge on any atom is 0.351 e. The second-order valence-corrected chi connectivity index (χ2v) is 23.9. The zero-order valence-corrected chi connectivity index (χ0v) is 26.9. The fraction of sp³-hybridized carbons (Fsp3) is 0.760. The Bertz CT molecular complexity index is 1180. The van der Waals surface area contributed by atoms with Gasteiger partial charge >= 0.3 is 5.69 Å². The van der Waals surface area contributed by atoms with Crippen LogP contribution in [0, 0.1) is 5.92 Å². The number of nitrogens with two attached hydrogens (primary N) is 1. The molecule has 3 aliphatic rings. The Morgan fingerprint density at radius 2 is 2.16 bits per heavy atom. The van der Waals surface area contributed by atoms with Crippen LogP contribution in [0.25, 0.3) is 0 Å². The van der Waals surface area contributed by atoms with E-state index in [0.29, 0.717) is 5.92 Å². The second kappa shape index (κ2) is 10.7. The minimum absolute atomic E-state index is 0.00956. The third kappa shape index (κ3) is 6.04. The van der Waals surface area contributed by atoms with Gasteiger partial charge in [0, 0.05) is 10.9 Å². The van der Waals surface area contributed by atoms with Gasteiger partial charge in [0.15, 0.2) is 14.5 Å². The Morgan fingerprint density at radius 1 is 1.47 bits per heavy atom. The van der Waals surface area contributed by atoms with E-state index in [1.807, 2.05) is 0 Å². The van der Waals surface area contributed by atoms with Crippen molar-refractivity contribution in [1.29, 1.82) is 0 Å². The molecule has 13 heteroatoms. The van der Waals surface area contributed by atoms with Gasteiger partial charge in [0.05, 0.1) is 12.7 Å². The van der Waals surface area contributed by atoms with Crippen molar-refractivity contribution in [3.63, 3.8) is 0 Å². The van der Waals surface area contributed by atoms with Gasteiger partial charge in [-0.2, -0.15) is 4.98 Å². The van der Waals surface area contributed by atoms with Crippen LogP contribution in [0.1, 0.15) is 60.1 Å². The molecule has 1 aliphatic carbocycles. The predicted octanol–water partition coefficient (Wildman–Crippen LogP) is 4.98. The van der Waals surface area contributed by atoms with E-state index in [0.717, 1.165) is 19.3 Å². The van der Waals surface area contributed by atoms with Gasteiger partial charge in [0.25, 0.3) is 0 Å². The minimum atomic E-state index is -2.67. The molecule has 0 spiro atoms. The summed E-state index contributed by atoms with van der Waals surface area (Å²) >= 11 is 7.60. The largest absolute Gasteiger partial charge is 0.408 e. The van der Waals surface area contributed by atoms with Crippen molar-refractivity contribution in [1.82, 2.24) is 9.55 Å². The number of hydrogen-bond acceptors (Lipinski definition) is 10. The molecule has 38 heavy (non-hydrogen) atoms. The molecule has 3 fully saturated rings. The molecule has 3 heterocycles. The molecular weight excluding hydrogens is 561 g/mol. The summed E-state index contributed by atoms with van der Waals surface area (Å²) in [6, 6.07) is 1.50. The van der Waals surface area contributed by atoms with E-state index in [2.05, 4.69) is 59.3 Å². The lowest BCUT2D eigenvalue weighted by Crippen LogP contribution is -2.50. The van der Waals surface area contributed by atoms with Crippen molar-refractivity contribution in [3.8, 4) is 0 Å². The van der Waals surface area contributed by atoms with Crippen LogP contribution < -0.4 is 11.4 Å². The van der Waals surface area contributed by atoms with E-state index in [1.165, 1.54) is 22.4 Å². The number of nitrogen functional groups attached to an aromatic ring is 1. The number of nitrogens with zero attached hydrogens (tertiary/aromatic N) is 2. The van der Waals surface area contributed by atoms with Crippen LogP contribution in [0.4, 0.5) is 5.82 Å². The quantitative estimate of drug-likeness (QED) is 0.251. The highest BCUT2D eigenvalue weighted by molar-refractivity contribution is 8.68. The summed E-state index contributed by atoms with van der Waals surface area (Å²) in [5, 5.41) is 11.3. The molecule has 0 radical (unpaired) electrons. The summed E-state index contributed by atoms with van der Waals surface area (Å²) in [4.78, 5) is 16.4. The minimum Gasteiger partial charge on any atom is -0.408 e. The van der Waals surface area contributed by atoms with E-state index in [4.69, 9.17) is 35.8 Å². The molecule has 0 bridgehead atoms. The lowest BCUT2D eigenvalue weighted by atomic mass is 9.77. The van der Waals surface area contributed by atoms with Crippen LogP contribution in [-0.4, -0.2) is 58.7 Å². The van der Waals surface area contributed by atoms with Gasteiger partial charge in [0.1, 0.15) is 24.1 Å². The molecule has 1 unspecified atom stereocenters. The summed E-state index contributed by atoms with van der Waals surface area (Å²) in [6.45, 7) is 19.1. The fourth-order valence-corrected chi connectivity index (χ4v) is 13.4. The highest BCUT2D eigenvalue weighted by atomic mass is 32.9. The van der Waals surface area contributed by atoms with Gasteiger partial charge in [-0.25, -0.2) is 4.79 Å². The highest BCUT2D eigenvalue weighted by Gasteiger charge is 2.55. The average molecular weight is 604 g/mol. The zero-order valence-electron chi connectivity index (χ0n) is 23.4. The fourth-order valence-electron chi connectivity index (χ4n) is 4.97. The Morgan fingerprint density at radius 3 is 2.76 bits per heavy atom.